The van der Waals surface area contributed by atoms with Gasteiger partial charge in [-0.3, -0.25) is 14.9 Å². The van der Waals surface area contributed by atoms with Crippen LogP contribution in [0.2, 0.25) is 0 Å². The Bertz CT molecular complexity index is 914. The Morgan fingerprint density at radius 3 is 2.46 bits per heavy atom. The minimum absolute atomic E-state index is 0.106. The molecule has 0 unspecified atom stereocenters. The summed E-state index contributed by atoms with van der Waals surface area (Å²) in [6, 6.07) is 7.51. The molecule has 2 aromatic rings. The van der Waals surface area contributed by atoms with E-state index in [-0.39, 0.29) is 11.3 Å². The summed E-state index contributed by atoms with van der Waals surface area (Å²) < 4.78 is 48.3. The van der Waals surface area contributed by atoms with E-state index in [2.05, 4.69) is 4.74 Å². The van der Waals surface area contributed by atoms with Crippen LogP contribution in [0.5, 0.6) is 5.75 Å². The van der Waals surface area contributed by atoms with Crippen molar-refractivity contribution >= 4 is 23.3 Å². The van der Waals surface area contributed by atoms with E-state index in [0.29, 0.717) is 0 Å². The van der Waals surface area contributed by atoms with Gasteiger partial charge >= 0.3 is 17.8 Å². The number of nitrogens with one attached hydrogen (secondary N) is 1. The zero-order chi connectivity index (χ0) is 20.9. The number of nitrogens with zero attached hydrogens (tertiary/aromatic N) is 1. The van der Waals surface area contributed by atoms with Gasteiger partial charge in [-0.2, -0.15) is 13.2 Å². The van der Waals surface area contributed by atoms with Gasteiger partial charge in [-0.05, 0) is 24.3 Å². The molecule has 0 radical (unpaired) electrons. The number of para-hydroxylation sites is 1. The second-order valence-corrected chi connectivity index (χ2v) is 5.31. The number of rotatable bonds is 6. The monoisotopic (exact) mass is 398 g/mol. The van der Waals surface area contributed by atoms with E-state index in [1.54, 1.807) is 0 Å². The Balaban J connectivity index is 2.13. The molecule has 11 heteroatoms. The van der Waals surface area contributed by atoms with E-state index in [4.69, 9.17) is 4.74 Å². The lowest BCUT2D eigenvalue weighted by Crippen LogP contribution is -2.22. The molecule has 0 fully saturated rings. The number of anilines is 1. The fourth-order valence-corrected chi connectivity index (χ4v) is 2.20. The van der Waals surface area contributed by atoms with Gasteiger partial charge in [0.25, 0.3) is 5.91 Å². The predicted octanol–water partition coefficient (Wildman–Crippen LogP) is 3.42. The van der Waals surface area contributed by atoms with Gasteiger partial charge in [0.2, 0.25) is 0 Å². The predicted molar refractivity (Wildman–Crippen MR) is 90.0 cm³/mol. The highest BCUT2D eigenvalue weighted by molar-refractivity contribution is 5.93. The number of alkyl halides is 3. The molecule has 0 aromatic heterocycles. The fourth-order valence-electron chi connectivity index (χ4n) is 2.20. The molecule has 8 nitrogen and oxygen atoms in total. The largest absolute Gasteiger partial charge is 0.477 e. The zero-order valence-electron chi connectivity index (χ0n) is 14.3. The Hall–Kier alpha value is -3.63. The van der Waals surface area contributed by atoms with Crippen LogP contribution in [-0.2, 0) is 15.7 Å². The lowest BCUT2D eigenvalue weighted by molar-refractivity contribution is -0.385. The third kappa shape index (κ3) is 4.96. The third-order valence-electron chi connectivity index (χ3n) is 3.44. The Morgan fingerprint density at radius 1 is 1.18 bits per heavy atom. The number of nitro benzene ring substituents is 1. The van der Waals surface area contributed by atoms with Gasteiger partial charge in [-0.25, -0.2) is 4.79 Å². The molecule has 0 bridgehead atoms. The first kappa shape index (κ1) is 20.7. The molecule has 0 aliphatic carbocycles. The lowest BCUT2D eigenvalue weighted by Gasteiger charge is -2.14. The molecule has 0 aliphatic heterocycles. The molecule has 0 heterocycles. The van der Waals surface area contributed by atoms with E-state index in [9.17, 15) is 32.9 Å². The molecule has 0 atom stereocenters. The van der Waals surface area contributed by atoms with Crippen LogP contribution in [0.4, 0.5) is 24.5 Å². The van der Waals surface area contributed by atoms with E-state index in [1.807, 2.05) is 5.32 Å². The molecule has 1 amide bonds. The summed E-state index contributed by atoms with van der Waals surface area (Å²) in [5, 5.41) is 13.2. The maximum Gasteiger partial charge on any atom is 0.418 e. The number of amides is 1. The first-order chi connectivity index (χ1) is 13.1. The van der Waals surface area contributed by atoms with Crippen LogP contribution < -0.4 is 10.1 Å². The molecule has 2 rings (SSSR count). The van der Waals surface area contributed by atoms with Gasteiger partial charge in [-0.1, -0.05) is 12.1 Å². The number of hydrogen-bond donors (Lipinski definition) is 1. The van der Waals surface area contributed by atoms with Crippen molar-refractivity contribution in [1.82, 2.24) is 0 Å². The second-order valence-electron chi connectivity index (χ2n) is 5.31. The van der Waals surface area contributed by atoms with Gasteiger partial charge in [-0.15, -0.1) is 0 Å². The van der Waals surface area contributed by atoms with E-state index in [0.717, 1.165) is 31.4 Å². The molecule has 1 N–H and O–H groups in total. The van der Waals surface area contributed by atoms with Crippen LogP contribution in [0.25, 0.3) is 0 Å². The van der Waals surface area contributed by atoms with Crippen molar-refractivity contribution in [3.8, 4) is 5.75 Å². The van der Waals surface area contributed by atoms with Crippen molar-refractivity contribution < 1.29 is 37.2 Å². The van der Waals surface area contributed by atoms with Gasteiger partial charge in [0.15, 0.2) is 12.4 Å². The van der Waals surface area contributed by atoms with Gasteiger partial charge in [0.05, 0.1) is 28.8 Å². The summed E-state index contributed by atoms with van der Waals surface area (Å²) in [7, 11) is 1.10. The number of esters is 1. The summed E-state index contributed by atoms with van der Waals surface area (Å²) >= 11 is 0. The topological polar surface area (TPSA) is 108 Å². The van der Waals surface area contributed by atoms with E-state index >= 15 is 0 Å². The maximum atomic E-state index is 12.9. The van der Waals surface area contributed by atoms with Crippen LogP contribution in [0.1, 0.15) is 15.9 Å². The fraction of sp³-hybridized carbons (Fsp3) is 0.176. The maximum absolute atomic E-state index is 12.9. The van der Waals surface area contributed by atoms with Crippen molar-refractivity contribution in [1.29, 1.82) is 0 Å². The Morgan fingerprint density at radius 2 is 1.86 bits per heavy atom. The smallest absolute Gasteiger partial charge is 0.418 e. The lowest BCUT2D eigenvalue weighted by atomic mass is 10.1. The van der Waals surface area contributed by atoms with Gasteiger partial charge < -0.3 is 14.8 Å². The number of methoxy groups -OCH3 is 1. The van der Waals surface area contributed by atoms with Crippen molar-refractivity contribution in [2.45, 2.75) is 6.18 Å². The molecule has 2 aromatic carbocycles. The zero-order valence-corrected chi connectivity index (χ0v) is 14.3. The van der Waals surface area contributed by atoms with Crippen molar-refractivity contribution in [2.24, 2.45) is 0 Å². The van der Waals surface area contributed by atoms with Gasteiger partial charge in [0.1, 0.15) is 0 Å². The third-order valence-corrected chi connectivity index (χ3v) is 3.44. The number of hydrogen-bond acceptors (Lipinski definition) is 6. The summed E-state index contributed by atoms with van der Waals surface area (Å²) in [5.41, 5.74) is -2.23. The van der Waals surface area contributed by atoms with Crippen molar-refractivity contribution in [3.05, 3.63) is 63.7 Å². The molecule has 148 valence electrons. The number of benzene rings is 2. The molecule has 0 saturated heterocycles. The molecule has 28 heavy (non-hydrogen) atoms. The average molecular weight is 398 g/mol. The first-order valence-electron chi connectivity index (χ1n) is 7.59. The van der Waals surface area contributed by atoms with Crippen molar-refractivity contribution in [3.63, 3.8) is 0 Å². The van der Waals surface area contributed by atoms with Crippen LogP contribution in [0, 0.1) is 10.1 Å². The Kier molecular flexibility index (Phi) is 6.18. The molecular weight excluding hydrogens is 385 g/mol. The number of nitro groups is 1. The molecule has 0 spiro atoms. The van der Waals surface area contributed by atoms with Crippen LogP contribution in [-0.4, -0.2) is 30.5 Å². The number of carbonyl (C=O) groups excluding carboxylic acids is 2. The molecule has 0 aliphatic rings. The molecule has 0 saturated carbocycles. The SMILES string of the molecule is COC(=O)c1ccc(OCC(=O)Nc2ccccc2C(F)(F)F)c([N+](=O)[O-])c1. The second kappa shape index (κ2) is 8.37. The minimum atomic E-state index is -4.67. The number of carbonyl (C=O) groups is 2. The van der Waals surface area contributed by atoms with Crippen LogP contribution >= 0.6 is 0 Å². The summed E-state index contributed by atoms with van der Waals surface area (Å²) in [6.45, 7) is -0.787. The quantitative estimate of drug-likeness (QED) is 0.454. The van der Waals surface area contributed by atoms with E-state index < -0.39 is 46.5 Å². The van der Waals surface area contributed by atoms with E-state index in [1.165, 1.54) is 18.2 Å². The number of ether oxygens (including phenoxy) is 2. The highest BCUT2D eigenvalue weighted by atomic mass is 19.4. The average Bonchev–Trinajstić information content (AvgIpc) is 2.65. The first-order valence-corrected chi connectivity index (χ1v) is 7.59. The molecular formula is C17H13F3N2O6. The highest BCUT2D eigenvalue weighted by Crippen LogP contribution is 2.34. The number of halogens is 3. The highest BCUT2D eigenvalue weighted by Gasteiger charge is 2.33. The van der Waals surface area contributed by atoms with Crippen LogP contribution in [0.15, 0.2) is 42.5 Å². The summed E-state index contributed by atoms with van der Waals surface area (Å²) in [4.78, 5) is 33.6. The minimum Gasteiger partial charge on any atom is -0.477 e. The summed E-state index contributed by atoms with van der Waals surface area (Å²) in [6.07, 6.45) is -4.67. The van der Waals surface area contributed by atoms with Gasteiger partial charge in [0, 0.05) is 6.07 Å². The van der Waals surface area contributed by atoms with Crippen LogP contribution in [0.3, 0.4) is 0 Å². The normalized spacial score (nSPS) is 10.9. The Labute approximate surface area is 156 Å². The van der Waals surface area contributed by atoms with Crippen molar-refractivity contribution in [2.75, 3.05) is 19.0 Å². The summed E-state index contributed by atoms with van der Waals surface area (Å²) in [5.74, 6) is -2.10. The standard InChI is InChI=1S/C17H13F3N2O6/c1-27-16(24)10-6-7-14(13(8-10)22(25)26)28-9-15(23)21-12-5-3-2-4-11(12)17(18,19)20/h2-8H,9H2,1H3,(H,21,23).